The van der Waals surface area contributed by atoms with E-state index in [0.717, 1.165) is 11.4 Å². The lowest BCUT2D eigenvalue weighted by Crippen LogP contribution is -2.40. The van der Waals surface area contributed by atoms with Crippen molar-refractivity contribution in [2.45, 2.75) is 25.5 Å². The molecule has 0 amide bonds. The first-order chi connectivity index (χ1) is 9.08. The van der Waals surface area contributed by atoms with E-state index in [0.29, 0.717) is 11.5 Å². The molecule has 1 saturated heterocycles. The van der Waals surface area contributed by atoms with Crippen LogP contribution >= 0.6 is 12.2 Å². The van der Waals surface area contributed by atoms with E-state index >= 15 is 0 Å². The van der Waals surface area contributed by atoms with E-state index in [-0.39, 0.29) is 18.1 Å². The van der Waals surface area contributed by atoms with Gasteiger partial charge in [-0.1, -0.05) is 0 Å². The third kappa shape index (κ3) is 3.57. The van der Waals surface area contributed by atoms with Gasteiger partial charge in [-0.15, -0.1) is 0 Å². The molecule has 5 nitrogen and oxygen atoms in total. The van der Waals surface area contributed by atoms with Crippen LogP contribution in [0.25, 0.3) is 0 Å². The first kappa shape index (κ1) is 13.6. The minimum atomic E-state index is -0.367. The Morgan fingerprint density at radius 1 is 1.42 bits per heavy atom. The van der Waals surface area contributed by atoms with Crippen molar-refractivity contribution in [1.82, 2.24) is 5.32 Å². The molecular weight excluding hydrogens is 264 g/mol. The number of esters is 1. The molecule has 0 spiro atoms. The maximum Gasteiger partial charge on any atom is 0.329 e. The molecule has 6 heteroatoms. The lowest BCUT2D eigenvalue weighted by Gasteiger charge is -2.13. The second-order valence-electron chi connectivity index (χ2n) is 4.36. The zero-order chi connectivity index (χ0) is 13.8. The normalized spacial score (nSPS) is 21.7. The molecule has 2 rings (SSSR count). The molecule has 2 N–H and O–H groups in total. The van der Waals surface area contributed by atoms with E-state index < -0.39 is 0 Å². The predicted molar refractivity (Wildman–Crippen MR) is 76.3 cm³/mol. The predicted octanol–water partition coefficient (Wildman–Crippen LogP) is 1.69. The Bertz CT molecular complexity index is 475. The Morgan fingerprint density at radius 3 is 2.63 bits per heavy atom. The van der Waals surface area contributed by atoms with E-state index in [9.17, 15) is 4.79 Å². The number of hydrogen-bond donors (Lipinski definition) is 2. The van der Waals surface area contributed by atoms with Crippen LogP contribution in [0.4, 0.5) is 5.69 Å². The second kappa shape index (κ2) is 5.88. The summed E-state index contributed by atoms with van der Waals surface area (Å²) in [5.74, 6) is 0.518. The highest BCUT2D eigenvalue weighted by molar-refractivity contribution is 7.80. The van der Waals surface area contributed by atoms with Gasteiger partial charge in [0.15, 0.2) is 5.11 Å². The van der Waals surface area contributed by atoms with E-state index in [1.807, 2.05) is 31.2 Å². The molecule has 1 fully saturated rings. The van der Waals surface area contributed by atoms with Crippen LogP contribution < -0.4 is 15.4 Å². The van der Waals surface area contributed by atoms with Gasteiger partial charge in [0.25, 0.3) is 0 Å². The number of ether oxygens (including phenoxy) is 2. The molecular formula is C13H16N2O3S. The summed E-state index contributed by atoms with van der Waals surface area (Å²) in [7, 11) is 1.61. The van der Waals surface area contributed by atoms with Crippen molar-refractivity contribution >= 4 is 29.0 Å². The fourth-order valence-electron chi connectivity index (χ4n) is 1.87. The van der Waals surface area contributed by atoms with Gasteiger partial charge in [-0.05, 0) is 43.4 Å². The van der Waals surface area contributed by atoms with Crippen LogP contribution in [0, 0.1) is 0 Å². The van der Waals surface area contributed by atoms with Crippen LogP contribution in [0.3, 0.4) is 0 Å². The number of carbonyl (C=O) groups is 1. The van der Waals surface area contributed by atoms with Gasteiger partial charge in [0, 0.05) is 12.1 Å². The van der Waals surface area contributed by atoms with Gasteiger partial charge in [0.2, 0.25) is 0 Å². The number of hydrogen-bond acceptors (Lipinski definition) is 4. The van der Waals surface area contributed by atoms with E-state index in [1.54, 1.807) is 7.11 Å². The Hall–Kier alpha value is -1.82. The Labute approximate surface area is 117 Å². The molecule has 0 bridgehead atoms. The molecule has 0 aromatic heterocycles. The Balaban J connectivity index is 1.88. The molecule has 1 aromatic rings. The number of thiocarbonyl (C=S) groups is 1. The van der Waals surface area contributed by atoms with E-state index in [2.05, 4.69) is 10.6 Å². The van der Waals surface area contributed by atoms with Crippen LogP contribution in [-0.4, -0.2) is 30.3 Å². The molecule has 1 aromatic carbocycles. The maximum atomic E-state index is 11.5. The molecule has 1 heterocycles. The van der Waals surface area contributed by atoms with Gasteiger partial charge >= 0.3 is 5.97 Å². The lowest BCUT2D eigenvalue weighted by molar-refractivity contribution is -0.142. The van der Waals surface area contributed by atoms with Gasteiger partial charge in [-0.3, -0.25) is 0 Å². The first-order valence-corrected chi connectivity index (χ1v) is 6.41. The lowest BCUT2D eigenvalue weighted by atomic mass is 10.2. The van der Waals surface area contributed by atoms with E-state index in [1.165, 1.54) is 0 Å². The number of rotatable bonds is 3. The highest BCUT2D eigenvalue weighted by Gasteiger charge is 2.32. The van der Waals surface area contributed by atoms with Gasteiger partial charge in [-0.2, -0.15) is 0 Å². The number of anilines is 1. The number of carbonyl (C=O) groups excluding carboxylic acids is 1. The topological polar surface area (TPSA) is 59.6 Å². The van der Waals surface area contributed by atoms with E-state index in [4.69, 9.17) is 21.7 Å². The largest absolute Gasteiger partial charge is 0.497 e. The third-order valence-corrected chi connectivity index (χ3v) is 3.04. The molecule has 2 atom stereocenters. The van der Waals surface area contributed by atoms with Crippen molar-refractivity contribution in [3.63, 3.8) is 0 Å². The molecule has 1 aliphatic rings. The fourth-order valence-corrected chi connectivity index (χ4v) is 2.13. The summed E-state index contributed by atoms with van der Waals surface area (Å²) >= 11 is 5.16. The summed E-state index contributed by atoms with van der Waals surface area (Å²) in [5, 5.41) is 6.37. The van der Waals surface area contributed by atoms with Gasteiger partial charge in [-0.25, -0.2) is 4.79 Å². The monoisotopic (exact) mass is 280 g/mol. The number of methoxy groups -OCH3 is 1. The van der Waals surface area contributed by atoms with Crippen molar-refractivity contribution in [3.8, 4) is 5.75 Å². The first-order valence-electron chi connectivity index (χ1n) is 6.00. The highest BCUT2D eigenvalue weighted by atomic mass is 32.1. The zero-order valence-electron chi connectivity index (χ0n) is 10.8. The second-order valence-corrected chi connectivity index (χ2v) is 4.77. The van der Waals surface area contributed by atoms with Crippen molar-refractivity contribution in [3.05, 3.63) is 24.3 Å². The summed E-state index contributed by atoms with van der Waals surface area (Å²) in [6.45, 7) is 1.86. The molecule has 0 aliphatic carbocycles. The molecule has 1 aliphatic heterocycles. The van der Waals surface area contributed by atoms with Crippen LogP contribution in [0.5, 0.6) is 5.75 Å². The minimum Gasteiger partial charge on any atom is -0.497 e. The van der Waals surface area contributed by atoms with Crippen LogP contribution in [0.15, 0.2) is 24.3 Å². The van der Waals surface area contributed by atoms with Crippen LogP contribution in [-0.2, 0) is 9.53 Å². The van der Waals surface area contributed by atoms with Gasteiger partial charge < -0.3 is 20.1 Å². The van der Waals surface area contributed by atoms with Crippen molar-refractivity contribution in [2.75, 3.05) is 12.4 Å². The summed E-state index contributed by atoms with van der Waals surface area (Å²) in [5.41, 5.74) is 0.831. The van der Waals surface area contributed by atoms with Crippen LogP contribution in [0.2, 0.25) is 0 Å². The summed E-state index contributed by atoms with van der Waals surface area (Å²) in [6, 6.07) is 6.99. The average molecular weight is 280 g/mol. The van der Waals surface area contributed by atoms with Crippen molar-refractivity contribution < 1.29 is 14.3 Å². The standard InChI is InChI=1S/C13H16N2O3S/c1-8-7-11(12(16)18-8)15-13(19)14-9-3-5-10(17-2)6-4-9/h3-6,8,11H,7H2,1-2H3,(H2,14,15,19)/t8-,11-/m1/s1. The smallest absolute Gasteiger partial charge is 0.329 e. The molecule has 19 heavy (non-hydrogen) atoms. The zero-order valence-corrected chi connectivity index (χ0v) is 11.6. The van der Waals surface area contributed by atoms with Gasteiger partial charge in [0.1, 0.15) is 17.9 Å². The fraction of sp³-hybridized carbons (Fsp3) is 0.385. The summed E-state index contributed by atoms with van der Waals surface area (Å²) in [4.78, 5) is 11.5. The minimum absolute atomic E-state index is 0.0613. The molecule has 0 radical (unpaired) electrons. The third-order valence-electron chi connectivity index (χ3n) is 2.82. The molecule has 0 unspecified atom stereocenters. The average Bonchev–Trinajstić information content (AvgIpc) is 2.68. The number of nitrogens with one attached hydrogen (secondary N) is 2. The van der Waals surface area contributed by atoms with Crippen molar-refractivity contribution in [2.24, 2.45) is 0 Å². The quantitative estimate of drug-likeness (QED) is 0.649. The Kier molecular flexibility index (Phi) is 4.21. The summed E-state index contributed by atoms with van der Waals surface area (Å²) < 4.78 is 10.1. The van der Waals surface area contributed by atoms with Crippen LogP contribution in [0.1, 0.15) is 13.3 Å². The van der Waals surface area contributed by atoms with Crippen molar-refractivity contribution in [1.29, 1.82) is 0 Å². The SMILES string of the molecule is COc1ccc(NC(=S)N[C@@H]2C[C@@H](C)OC2=O)cc1. The maximum absolute atomic E-state index is 11.5. The number of benzene rings is 1. The number of cyclic esters (lactones) is 1. The molecule has 102 valence electrons. The highest BCUT2D eigenvalue weighted by Crippen LogP contribution is 2.16. The summed E-state index contributed by atoms with van der Waals surface area (Å²) in [6.07, 6.45) is 0.567. The molecule has 0 saturated carbocycles. The van der Waals surface area contributed by atoms with Gasteiger partial charge in [0.05, 0.1) is 7.11 Å². The Morgan fingerprint density at radius 2 is 2.11 bits per heavy atom.